The van der Waals surface area contributed by atoms with Crippen molar-refractivity contribution >= 4 is 0 Å². The molecule has 0 aromatic carbocycles. The summed E-state index contributed by atoms with van der Waals surface area (Å²) in [5, 5.41) is 12.1. The molecule has 1 aliphatic carbocycles. The molecule has 0 amide bonds. The minimum absolute atomic E-state index is 0.239. The lowest BCUT2D eigenvalue weighted by Gasteiger charge is -2.20. The van der Waals surface area contributed by atoms with E-state index in [1.807, 2.05) is 6.92 Å². The Labute approximate surface area is 74.7 Å². The van der Waals surface area contributed by atoms with Crippen LogP contribution in [0.3, 0.4) is 0 Å². The first kappa shape index (κ1) is 9.75. The largest absolute Gasteiger partial charge is 0.395 e. The van der Waals surface area contributed by atoms with Gasteiger partial charge in [-0.25, -0.2) is 0 Å². The van der Waals surface area contributed by atoms with Crippen molar-refractivity contribution in [2.24, 2.45) is 5.92 Å². The molecule has 2 N–H and O–H groups in total. The van der Waals surface area contributed by atoms with Gasteiger partial charge in [-0.3, -0.25) is 0 Å². The molecule has 0 aromatic rings. The highest BCUT2D eigenvalue weighted by Gasteiger charge is 2.10. The van der Waals surface area contributed by atoms with Crippen LogP contribution in [0.15, 0.2) is 12.2 Å². The van der Waals surface area contributed by atoms with Crippen LogP contribution in [0.5, 0.6) is 0 Å². The normalized spacial score (nSPS) is 25.7. The van der Waals surface area contributed by atoms with E-state index in [4.69, 9.17) is 5.11 Å². The van der Waals surface area contributed by atoms with Crippen LogP contribution in [0.1, 0.15) is 26.2 Å². The summed E-state index contributed by atoms with van der Waals surface area (Å²) < 4.78 is 0. The second-order valence-corrected chi connectivity index (χ2v) is 3.64. The first-order chi connectivity index (χ1) is 5.83. The van der Waals surface area contributed by atoms with Crippen molar-refractivity contribution in [1.29, 1.82) is 0 Å². The summed E-state index contributed by atoms with van der Waals surface area (Å²) >= 11 is 0. The summed E-state index contributed by atoms with van der Waals surface area (Å²) in [5.74, 6) is 0.781. The number of allylic oxidation sites excluding steroid dienone is 2. The highest BCUT2D eigenvalue weighted by molar-refractivity contribution is 4.90. The number of hydrogen-bond donors (Lipinski definition) is 2. The Morgan fingerprint density at radius 2 is 2.42 bits per heavy atom. The lowest BCUT2D eigenvalue weighted by Crippen LogP contribution is -2.33. The summed E-state index contributed by atoms with van der Waals surface area (Å²) in [5.41, 5.74) is 0. The van der Waals surface area contributed by atoms with Crippen molar-refractivity contribution in [3.63, 3.8) is 0 Å². The predicted octanol–water partition coefficient (Wildman–Crippen LogP) is 1.31. The third-order valence-corrected chi connectivity index (χ3v) is 2.41. The second-order valence-electron chi connectivity index (χ2n) is 3.64. The highest BCUT2D eigenvalue weighted by Crippen LogP contribution is 2.16. The molecular formula is C10H19NO. The minimum Gasteiger partial charge on any atom is -0.395 e. The molecule has 0 heterocycles. The molecule has 0 fully saturated rings. The molecule has 0 spiro atoms. The smallest absolute Gasteiger partial charge is 0.0581 e. The van der Waals surface area contributed by atoms with Gasteiger partial charge in [0.25, 0.3) is 0 Å². The topological polar surface area (TPSA) is 32.3 Å². The van der Waals surface area contributed by atoms with E-state index in [9.17, 15) is 0 Å². The Bertz CT molecular complexity index is 145. The number of aliphatic hydroxyl groups excluding tert-OH is 1. The summed E-state index contributed by atoms with van der Waals surface area (Å²) in [7, 11) is 0. The number of rotatable bonds is 4. The molecule has 0 radical (unpaired) electrons. The van der Waals surface area contributed by atoms with Crippen molar-refractivity contribution < 1.29 is 5.11 Å². The fourth-order valence-corrected chi connectivity index (χ4v) is 1.47. The van der Waals surface area contributed by atoms with Crippen molar-refractivity contribution in [3.05, 3.63) is 12.2 Å². The summed E-state index contributed by atoms with van der Waals surface area (Å²) in [4.78, 5) is 0. The molecule has 0 unspecified atom stereocenters. The van der Waals surface area contributed by atoms with E-state index in [-0.39, 0.29) is 12.6 Å². The average Bonchev–Trinajstić information content (AvgIpc) is 2.16. The highest BCUT2D eigenvalue weighted by atomic mass is 16.3. The lowest BCUT2D eigenvalue weighted by molar-refractivity contribution is 0.244. The van der Waals surface area contributed by atoms with Crippen LogP contribution in [0.25, 0.3) is 0 Å². The van der Waals surface area contributed by atoms with E-state index in [1.165, 1.54) is 19.3 Å². The van der Waals surface area contributed by atoms with Crippen LogP contribution in [-0.2, 0) is 0 Å². The van der Waals surface area contributed by atoms with E-state index in [0.29, 0.717) is 0 Å². The molecule has 0 saturated carbocycles. The van der Waals surface area contributed by atoms with Crippen molar-refractivity contribution in [1.82, 2.24) is 5.32 Å². The van der Waals surface area contributed by atoms with Crippen LogP contribution >= 0.6 is 0 Å². The molecule has 0 bridgehead atoms. The van der Waals surface area contributed by atoms with Crippen molar-refractivity contribution in [2.75, 3.05) is 13.2 Å². The fraction of sp³-hybridized carbons (Fsp3) is 0.800. The van der Waals surface area contributed by atoms with Crippen molar-refractivity contribution in [2.45, 2.75) is 32.2 Å². The first-order valence-electron chi connectivity index (χ1n) is 4.82. The van der Waals surface area contributed by atoms with Crippen LogP contribution in [0, 0.1) is 5.92 Å². The summed E-state index contributed by atoms with van der Waals surface area (Å²) in [6.07, 6.45) is 8.23. The molecule has 0 aliphatic heterocycles. The maximum Gasteiger partial charge on any atom is 0.0581 e. The summed E-state index contributed by atoms with van der Waals surface area (Å²) in [6, 6.07) is 0.246. The second kappa shape index (κ2) is 5.33. The van der Waals surface area contributed by atoms with Gasteiger partial charge in [0.15, 0.2) is 0 Å². The Balaban J connectivity index is 2.10. The van der Waals surface area contributed by atoms with E-state index in [0.717, 1.165) is 12.5 Å². The van der Waals surface area contributed by atoms with Crippen molar-refractivity contribution in [3.8, 4) is 0 Å². The lowest BCUT2D eigenvalue weighted by atomic mass is 9.94. The Morgan fingerprint density at radius 1 is 1.58 bits per heavy atom. The Hall–Kier alpha value is -0.340. The zero-order valence-electron chi connectivity index (χ0n) is 7.79. The van der Waals surface area contributed by atoms with Gasteiger partial charge in [-0.1, -0.05) is 12.2 Å². The fourth-order valence-electron chi connectivity index (χ4n) is 1.47. The Kier molecular flexibility index (Phi) is 4.33. The molecule has 12 heavy (non-hydrogen) atoms. The maximum absolute atomic E-state index is 8.79. The van der Waals surface area contributed by atoms with E-state index < -0.39 is 0 Å². The van der Waals surface area contributed by atoms with Crippen LogP contribution in [0.2, 0.25) is 0 Å². The Morgan fingerprint density at radius 3 is 3.00 bits per heavy atom. The van der Waals surface area contributed by atoms with Gasteiger partial charge < -0.3 is 10.4 Å². The third-order valence-electron chi connectivity index (χ3n) is 2.41. The van der Waals surface area contributed by atoms with Gasteiger partial charge in [0.2, 0.25) is 0 Å². The maximum atomic E-state index is 8.79. The van der Waals surface area contributed by atoms with E-state index in [1.54, 1.807) is 0 Å². The molecular weight excluding hydrogens is 150 g/mol. The molecule has 70 valence electrons. The standard InChI is InChI=1S/C10H19NO/c1-9(8-12)11-7-10-5-3-2-4-6-10/h2-3,9-12H,4-8H2,1H3/t9-,10+/m0/s1. The van der Waals surface area contributed by atoms with Gasteiger partial charge in [-0.05, 0) is 38.6 Å². The SMILES string of the molecule is C[C@@H](CO)NC[C@@H]1CC=CCC1. The molecule has 2 nitrogen and oxygen atoms in total. The first-order valence-corrected chi connectivity index (χ1v) is 4.82. The van der Waals surface area contributed by atoms with Gasteiger partial charge in [-0.15, -0.1) is 0 Å². The molecule has 1 rings (SSSR count). The van der Waals surface area contributed by atoms with Crippen LogP contribution in [-0.4, -0.2) is 24.3 Å². The quantitative estimate of drug-likeness (QED) is 0.622. The minimum atomic E-state index is 0.239. The van der Waals surface area contributed by atoms with Gasteiger partial charge in [-0.2, -0.15) is 0 Å². The van der Waals surface area contributed by atoms with Gasteiger partial charge in [0, 0.05) is 6.04 Å². The number of hydrogen-bond acceptors (Lipinski definition) is 2. The zero-order chi connectivity index (χ0) is 8.81. The summed E-state index contributed by atoms with van der Waals surface area (Å²) in [6.45, 7) is 3.30. The van der Waals surface area contributed by atoms with E-state index >= 15 is 0 Å². The van der Waals surface area contributed by atoms with Gasteiger partial charge in [0.05, 0.1) is 6.61 Å². The number of aliphatic hydroxyl groups is 1. The zero-order valence-corrected chi connectivity index (χ0v) is 7.79. The van der Waals surface area contributed by atoms with Gasteiger partial charge >= 0.3 is 0 Å². The van der Waals surface area contributed by atoms with Crippen LogP contribution < -0.4 is 5.32 Å². The van der Waals surface area contributed by atoms with Crippen LogP contribution in [0.4, 0.5) is 0 Å². The van der Waals surface area contributed by atoms with E-state index in [2.05, 4.69) is 17.5 Å². The molecule has 1 aliphatic rings. The third kappa shape index (κ3) is 3.37. The van der Waals surface area contributed by atoms with Gasteiger partial charge in [0.1, 0.15) is 0 Å². The average molecular weight is 169 g/mol. The molecule has 2 atom stereocenters. The number of nitrogens with one attached hydrogen (secondary N) is 1. The monoisotopic (exact) mass is 169 g/mol. The predicted molar refractivity (Wildman–Crippen MR) is 51.0 cm³/mol. The molecule has 2 heteroatoms. The molecule has 0 aromatic heterocycles. The molecule has 0 saturated heterocycles.